The number of halogens is 1. The Morgan fingerprint density at radius 2 is 2.30 bits per heavy atom. The highest BCUT2D eigenvalue weighted by molar-refractivity contribution is 7.15. The molecule has 1 fully saturated rings. The molecule has 3 rings (SSSR count). The summed E-state index contributed by atoms with van der Waals surface area (Å²) in [4.78, 5) is 17.4. The summed E-state index contributed by atoms with van der Waals surface area (Å²) in [5.41, 5.74) is 1.07. The van der Waals surface area contributed by atoms with Gasteiger partial charge >= 0.3 is 0 Å². The number of rotatable bonds is 6. The summed E-state index contributed by atoms with van der Waals surface area (Å²) in [5.74, 6) is 0.684. The number of anilines is 1. The van der Waals surface area contributed by atoms with Crippen LogP contribution < -0.4 is 10.6 Å². The van der Waals surface area contributed by atoms with Crippen molar-refractivity contribution in [2.75, 3.05) is 18.4 Å². The first kappa shape index (κ1) is 16.4. The van der Waals surface area contributed by atoms with E-state index in [4.69, 9.17) is 11.6 Å². The molecule has 0 bridgehead atoms. The molecule has 1 unspecified atom stereocenters. The Hall–Kier alpha value is -1.43. The second-order valence-corrected chi connectivity index (χ2v) is 7.37. The largest absolute Gasteiger partial charge is 0.316 e. The minimum absolute atomic E-state index is 0.0514. The minimum atomic E-state index is 0.0514. The second-order valence-electron chi connectivity index (χ2n) is 5.85. The van der Waals surface area contributed by atoms with Crippen molar-refractivity contribution in [1.82, 2.24) is 10.3 Å². The monoisotopic (exact) mass is 349 g/mol. The molecular weight excluding hydrogens is 330 g/mol. The summed E-state index contributed by atoms with van der Waals surface area (Å²) in [6.07, 6.45) is 5.22. The Labute approximate surface area is 145 Å². The van der Waals surface area contributed by atoms with Gasteiger partial charge in [0.1, 0.15) is 0 Å². The van der Waals surface area contributed by atoms with E-state index in [1.165, 1.54) is 17.8 Å². The lowest BCUT2D eigenvalue weighted by molar-refractivity contribution is -0.116. The minimum Gasteiger partial charge on any atom is -0.316 e. The van der Waals surface area contributed by atoms with Gasteiger partial charge in [0.15, 0.2) is 5.13 Å². The maximum atomic E-state index is 12.0. The summed E-state index contributed by atoms with van der Waals surface area (Å²) < 4.78 is 0. The van der Waals surface area contributed by atoms with E-state index < -0.39 is 0 Å². The first-order valence-electron chi connectivity index (χ1n) is 7.89. The molecule has 0 saturated carbocycles. The van der Waals surface area contributed by atoms with Crippen LogP contribution in [0.25, 0.3) is 0 Å². The molecule has 1 aromatic carbocycles. The van der Waals surface area contributed by atoms with Crippen molar-refractivity contribution >= 4 is 34.0 Å². The van der Waals surface area contributed by atoms with Gasteiger partial charge in [-0.15, -0.1) is 11.3 Å². The Kier molecular flexibility index (Phi) is 5.65. The van der Waals surface area contributed by atoms with E-state index in [-0.39, 0.29) is 5.91 Å². The molecule has 122 valence electrons. The van der Waals surface area contributed by atoms with Gasteiger partial charge in [-0.1, -0.05) is 29.8 Å². The Balaban J connectivity index is 1.50. The van der Waals surface area contributed by atoms with Crippen molar-refractivity contribution in [2.24, 2.45) is 5.92 Å². The molecule has 0 aliphatic carbocycles. The molecule has 1 aliphatic rings. The fraction of sp³-hybridized carbons (Fsp3) is 0.412. The summed E-state index contributed by atoms with van der Waals surface area (Å²) in [6, 6.07) is 7.79. The van der Waals surface area contributed by atoms with Gasteiger partial charge in [-0.25, -0.2) is 4.98 Å². The average molecular weight is 350 g/mol. The lowest BCUT2D eigenvalue weighted by atomic mass is 10.0. The Bertz CT molecular complexity index is 667. The van der Waals surface area contributed by atoms with E-state index in [9.17, 15) is 4.79 Å². The van der Waals surface area contributed by atoms with Crippen molar-refractivity contribution < 1.29 is 4.79 Å². The number of carbonyl (C=O) groups excluding carboxylic acids is 1. The number of aromatic nitrogens is 1. The van der Waals surface area contributed by atoms with Crippen molar-refractivity contribution in [3.05, 3.63) is 45.9 Å². The normalized spacial score (nSPS) is 17.3. The van der Waals surface area contributed by atoms with Crippen LogP contribution in [0.3, 0.4) is 0 Å². The van der Waals surface area contributed by atoms with Gasteiger partial charge < -0.3 is 10.6 Å². The first-order valence-corrected chi connectivity index (χ1v) is 9.09. The molecule has 2 N–H and O–H groups in total. The fourth-order valence-electron chi connectivity index (χ4n) is 2.75. The van der Waals surface area contributed by atoms with Crippen LogP contribution in [0.5, 0.6) is 0 Å². The predicted octanol–water partition coefficient (Wildman–Crippen LogP) is 3.72. The molecule has 23 heavy (non-hydrogen) atoms. The van der Waals surface area contributed by atoms with Gasteiger partial charge in [0.2, 0.25) is 5.91 Å². The lowest BCUT2D eigenvalue weighted by Crippen LogP contribution is -2.14. The molecular formula is C17H20ClN3OS. The molecule has 0 radical (unpaired) electrons. The van der Waals surface area contributed by atoms with E-state index in [1.807, 2.05) is 30.5 Å². The summed E-state index contributed by atoms with van der Waals surface area (Å²) >= 11 is 7.69. The number of thiazole rings is 1. The van der Waals surface area contributed by atoms with E-state index in [2.05, 4.69) is 15.6 Å². The highest BCUT2D eigenvalue weighted by atomic mass is 35.5. The van der Waals surface area contributed by atoms with Crippen LogP contribution >= 0.6 is 22.9 Å². The Morgan fingerprint density at radius 3 is 3.09 bits per heavy atom. The van der Waals surface area contributed by atoms with Crippen LogP contribution in [0.1, 0.15) is 29.7 Å². The van der Waals surface area contributed by atoms with E-state index in [0.717, 1.165) is 41.4 Å². The van der Waals surface area contributed by atoms with Gasteiger partial charge in [-0.2, -0.15) is 0 Å². The average Bonchev–Trinajstić information content (AvgIpc) is 3.19. The van der Waals surface area contributed by atoms with Crippen molar-refractivity contribution in [3.63, 3.8) is 0 Å². The first-order chi connectivity index (χ1) is 11.2. The lowest BCUT2D eigenvalue weighted by Gasteiger charge is -2.07. The summed E-state index contributed by atoms with van der Waals surface area (Å²) in [5, 5.41) is 7.65. The molecule has 1 amide bonds. The van der Waals surface area contributed by atoms with Gasteiger partial charge in [-0.3, -0.25) is 4.79 Å². The number of nitrogens with one attached hydrogen (secondary N) is 2. The Morgan fingerprint density at radius 1 is 1.43 bits per heavy atom. The zero-order chi connectivity index (χ0) is 16.1. The van der Waals surface area contributed by atoms with Crippen LogP contribution in [0.15, 0.2) is 30.5 Å². The maximum Gasteiger partial charge on any atom is 0.226 e. The fourth-order valence-corrected chi connectivity index (χ4v) is 3.81. The number of amides is 1. The van der Waals surface area contributed by atoms with E-state index in [0.29, 0.717) is 17.5 Å². The third-order valence-corrected chi connectivity index (χ3v) is 5.35. The molecule has 1 saturated heterocycles. The summed E-state index contributed by atoms with van der Waals surface area (Å²) in [6.45, 7) is 2.11. The topological polar surface area (TPSA) is 54.0 Å². The molecule has 1 atom stereocenters. The third-order valence-electron chi connectivity index (χ3n) is 4.06. The number of hydrogen-bond acceptors (Lipinski definition) is 4. The standard InChI is InChI=1S/C17H20ClN3OS/c18-15-4-2-1-3-13(15)9-14-11-20-17(23-14)21-16(22)6-5-12-7-8-19-10-12/h1-4,11-12,19H,5-10H2,(H,20,21,22). The van der Waals surface area contributed by atoms with Gasteiger partial charge in [0, 0.05) is 28.9 Å². The van der Waals surface area contributed by atoms with Crippen LogP contribution in [0, 0.1) is 5.92 Å². The van der Waals surface area contributed by atoms with Crippen LogP contribution in [0.4, 0.5) is 5.13 Å². The van der Waals surface area contributed by atoms with Crippen LogP contribution in [-0.2, 0) is 11.2 Å². The van der Waals surface area contributed by atoms with Crippen molar-refractivity contribution in [1.29, 1.82) is 0 Å². The zero-order valence-electron chi connectivity index (χ0n) is 12.8. The third kappa shape index (κ3) is 4.77. The SMILES string of the molecule is O=C(CCC1CCNC1)Nc1ncc(Cc2ccccc2Cl)s1. The molecule has 2 aromatic rings. The highest BCUT2D eigenvalue weighted by Crippen LogP contribution is 2.25. The summed E-state index contributed by atoms with van der Waals surface area (Å²) in [7, 11) is 0. The van der Waals surface area contributed by atoms with Crippen molar-refractivity contribution in [2.45, 2.75) is 25.7 Å². The van der Waals surface area contributed by atoms with E-state index >= 15 is 0 Å². The van der Waals surface area contributed by atoms with Crippen LogP contribution in [-0.4, -0.2) is 24.0 Å². The number of nitrogens with zero attached hydrogens (tertiary/aromatic N) is 1. The molecule has 1 aliphatic heterocycles. The number of carbonyl (C=O) groups is 1. The van der Waals surface area contributed by atoms with E-state index in [1.54, 1.807) is 0 Å². The smallest absolute Gasteiger partial charge is 0.226 e. The number of benzene rings is 1. The second kappa shape index (κ2) is 7.90. The highest BCUT2D eigenvalue weighted by Gasteiger charge is 2.16. The maximum absolute atomic E-state index is 12.0. The van der Waals surface area contributed by atoms with Crippen LogP contribution in [0.2, 0.25) is 5.02 Å². The number of hydrogen-bond donors (Lipinski definition) is 2. The molecule has 6 heteroatoms. The molecule has 1 aromatic heterocycles. The van der Waals surface area contributed by atoms with Gasteiger partial charge in [0.25, 0.3) is 0 Å². The molecule has 2 heterocycles. The van der Waals surface area contributed by atoms with Gasteiger partial charge in [0.05, 0.1) is 0 Å². The molecule has 4 nitrogen and oxygen atoms in total. The van der Waals surface area contributed by atoms with Gasteiger partial charge in [-0.05, 0) is 43.5 Å². The quantitative estimate of drug-likeness (QED) is 0.835. The predicted molar refractivity (Wildman–Crippen MR) is 95.2 cm³/mol. The van der Waals surface area contributed by atoms with Crippen molar-refractivity contribution in [3.8, 4) is 0 Å². The zero-order valence-corrected chi connectivity index (χ0v) is 14.4. The molecule has 0 spiro atoms.